The largest absolute Gasteiger partial charge is 0.351 e. The average molecular weight is 507 g/mol. The predicted octanol–water partition coefficient (Wildman–Crippen LogP) is 5.12. The van der Waals surface area contributed by atoms with Gasteiger partial charge >= 0.3 is 0 Å². The summed E-state index contributed by atoms with van der Waals surface area (Å²) in [6, 6.07) is 20.9. The third-order valence-electron chi connectivity index (χ3n) is 5.27. The monoisotopic (exact) mass is 506 g/mol. The van der Waals surface area contributed by atoms with Crippen LogP contribution in [0, 0.1) is 0 Å². The van der Waals surface area contributed by atoms with Gasteiger partial charge in [-0.15, -0.1) is 11.3 Å². The van der Waals surface area contributed by atoms with Crippen LogP contribution in [0.2, 0.25) is 5.02 Å². The zero-order valence-electron chi connectivity index (χ0n) is 17.9. The number of hydrogen-bond donors (Lipinski definition) is 1. The van der Waals surface area contributed by atoms with Crippen LogP contribution in [0.25, 0.3) is 20.4 Å². The molecule has 0 bridgehead atoms. The highest BCUT2D eigenvalue weighted by atomic mass is 35.5. The summed E-state index contributed by atoms with van der Waals surface area (Å²) in [5.74, 6) is -0.00231. The molecule has 0 aliphatic rings. The highest BCUT2D eigenvalue weighted by Gasteiger charge is 2.18. The van der Waals surface area contributed by atoms with Gasteiger partial charge in [0.25, 0.3) is 5.56 Å². The summed E-state index contributed by atoms with van der Waals surface area (Å²) in [7, 11) is 0. The molecule has 2 aromatic carbocycles. The Morgan fingerprint density at radius 1 is 1.06 bits per heavy atom. The van der Waals surface area contributed by atoms with E-state index >= 15 is 0 Å². The summed E-state index contributed by atoms with van der Waals surface area (Å²) in [6.07, 6.45) is 1.70. The van der Waals surface area contributed by atoms with Crippen molar-refractivity contribution in [2.45, 2.75) is 18.2 Å². The SMILES string of the molecule is O=C(CSc1nc2c(sc3ncccc32)c(=O)n1Cc1ccccc1Cl)NCc1ccccc1. The molecule has 34 heavy (non-hydrogen) atoms. The molecule has 0 aliphatic carbocycles. The Balaban J connectivity index is 1.48. The first-order valence-electron chi connectivity index (χ1n) is 10.5. The minimum atomic E-state index is -0.167. The van der Waals surface area contributed by atoms with E-state index in [2.05, 4.69) is 10.3 Å². The molecule has 9 heteroatoms. The summed E-state index contributed by atoms with van der Waals surface area (Å²) in [5.41, 5.74) is 2.27. The fraction of sp³-hybridized carbons (Fsp3) is 0.120. The van der Waals surface area contributed by atoms with Gasteiger partial charge in [0.05, 0.1) is 17.8 Å². The van der Waals surface area contributed by atoms with Gasteiger partial charge in [0.15, 0.2) is 5.16 Å². The molecule has 1 amide bonds. The molecule has 3 heterocycles. The second-order valence-corrected chi connectivity index (χ2v) is 9.91. The van der Waals surface area contributed by atoms with Crippen molar-refractivity contribution in [2.24, 2.45) is 0 Å². The lowest BCUT2D eigenvalue weighted by Crippen LogP contribution is -2.26. The van der Waals surface area contributed by atoms with E-state index in [4.69, 9.17) is 16.6 Å². The first kappa shape index (κ1) is 22.6. The number of thiophene rings is 1. The fourth-order valence-corrected chi connectivity index (χ4v) is 5.61. The fourth-order valence-electron chi connectivity index (χ4n) is 3.57. The van der Waals surface area contributed by atoms with Crippen LogP contribution in [0.4, 0.5) is 0 Å². The number of nitrogens with one attached hydrogen (secondary N) is 1. The topological polar surface area (TPSA) is 76.9 Å². The van der Waals surface area contributed by atoms with E-state index < -0.39 is 0 Å². The quantitative estimate of drug-likeness (QED) is 0.245. The van der Waals surface area contributed by atoms with Crippen LogP contribution >= 0.6 is 34.7 Å². The Labute approximate surface area is 208 Å². The normalized spacial score (nSPS) is 11.2. The van der Waals surface area contributed by atoms with Gasteiger partial charge in [-0.1, -0.05) is 71.9 Å². The van der Waals surface area contributed by atoms with E-state index in [9.17, 15) is 9.59 Å². The van der Waals surface area contributed by atoms with Gasteiger partial charge in [-0.25, -0.2) is 9.97 Å². The first-order chi connectivity index (χ1) is 16.6. The Hall–Kier alpha value is -3.20. The van der Waals surface area contributed by atoms with Crippen molar-refractivity contribution < 1.29 is 4.79 Å². The number of rotatable bonds is 7. The Kier molecular flexibility index (Phi) is 6.62. The van der Waals surface area contributed by atoms with E-state index in [0.717, 1.165) is 21.3 Å². The third-order valence-corrected chi connectivity index (χ3v) is 7.70. The lowest BCUT2D eigenvalue weighted by Gasteiger charge is -2.13. The number of hydrogen-bond acceptors (Lipinski definition) is 6. The molecule has 3 aromatic heterocycles. The van der Waals surface area contributed by atoms with Crippen LogP contribution in [0.15, 0.2) is 82.9 Å². The number of thioether (sulfide) groups is 1. The highest BCUT2D eigenvalue weighted by Crippen LogP contribution is 2.31. The second kappa shape index (κ2) is 9.97. The average Bonchev–Trinajstić information content (AvgIpc) is 3.24. The molecule has 6 nitrogen and oxygen atoms in total. The number of halogens is 1. The van der Waals surface area contributed by atoms with Crippen LogP contribution in [0.3, 0.4) is 0 Å². The predicted molar refractivity (Wildman–Crippen MR) is 139 cm³/mol. The van der Waals surface area contributed by atoms with Crippen LogP contribution in [0.1, 0.15) is 11.1 Å². The highest BCUT2D eigenvalue weighted by molar-refractivity contribution is 7.99. The molecular formula is C25H19ClN4O2S2. The summed E-state index contributed by atoms with van der Waals surface area (Å²) in [4.78, 5) is 36.0. The maximum Gasteiger partial charge on any atom is 0.272 e. The molecule has 5 rings (SSSR count). The van der Waals surface area contributed by atoms with Crippen molar-refractivity contribution in [3.05, 3.63) is 99.4 Å². The van der Waals surface area contributed by atoms with Gasteiger partial charge in [-0.05, 0) is 29.3 Å². The molecular weight excluding hydrogens is 488 g/mol. The van der Waals surface area contributed by atoms with E-state index in [-0.39, 0.29) is 23.8 Å². The van der Waals surface area contributed by atoms with Crippen LogP contribution in [-0.2, 0) is 17.9 Å². The van der Waals surface area contributed by atoms with Gasteiger partial charge in [0.2, 0.25) is 5.91 Å². The standard InChI is InChI=1S/C25H19ClN4O2S2/c26-19-11-5-4-9-17(19)14-30-24(32)22-21(18-10-6-12-27-23(18)34-22)29-25(30)33-15-20(31)28-13-16-7-2-1-3-8-16/h1-12H,13-15H2,(H,28,31). The lowest BCUT2D eigenvalue weighted by molar-refractivity contribution is -0.118. The Morgan fingerprint density at radius 3 is 2.68 bits per heavy atom. The van der Waals surface area contributed by atoms with Crippen LogP contribution in [-0.4, -0.2) is 26.2 Å². The molecule has 0 aliphatic heterocycles. The van der Waals surface area contributed by atoms with Crippen molar-refractivity contribution in [3.63, 3.8) is 0 Å². The van der Waals surface area contributed by atoms with Crippen LogP contribution < -0.4 is 10.9 Å². The molecule has 0 fully saturated rings. The van der Waals surface area contributed by atoms with Crippen molar-refractivity contribution in [2.75, 3.05) is 5.75 Å². The summed E-state index contributed by atoms with van der Waals surface area (Å²) in [6.45, 7) is 0.705. The minimum absolute atomic E-state index is 0.133. The van der Waals surface area contributed by atoms with Gasteiger partial charge in [0, 0.05) is 23.2 Å². The van der Waals surface area contributed by atoms with Crippen molar-refractivity contribution in [1.82, 2.24) is 19.9 Å². The van der Waals surface area contributed by atoms with E-state index in [0.29, 0.717) is 26.9 Å². The van der Waals surface area contributed by atoms with Crippen molar-refractivity contribution in [3.8, 4) is 0 Å². The number of amides is 1. The smallest absolute Gasteiger partial charge is 0.272 e. The molecule has 0 atom stereocenters. The number of carbonyl (C=O) groups excluding carboxylic acids is 1. The summed E-state index contributed by atoms with van der Waals surface area (Å²) < 4.78 is 2.13. The number of pyridine rings is 1. The van der Waals surface area contributed by atoms with Crippen molar-refractivity contribution in [1.29, 1.82) is 0 Å². The van der Waals surface area contributed by atoms with Gasteiger partial charge < -0.3 is 5.32 Å². The van der Waals surface area contributed by atoms with Gasteiger partial charge in [-0.2, -0.15) is 0 Å². The van der Waals surface area contributed by atoms with Crippen molar-refractivity contribution >= 4 is 61.0 Å². The van der Waals surface area contributed by atoms with Gasteiger partial charge in [0.1, 0.15) is 9.53 Å². The lowest BCUT2D eigenvalue weighted by atomic mass is 10.2. The molecule has 170 valence electrons. The molecule has 0 radical (unpaired) electrons. The van der Waals surface area contributed by atoms with E-state index in [1.807, 2.05) is 60.7 Å². The Bertz CT molecular complexity index is 1550. The van der Waals surface area contributed by atoms with Gasteiger partial charge in [-0.3, -0.25) is 14.2 Å². The second-order valence-electron chi connectivity index (χ2n) is 7.56. The molecule has 0 unspecified atom stereocenters. The van der Waals surface area contributed by atoms with Crippen LogP contribution in [0.5, 0.6) is 0 Å². The zero-order chi connectivity index (χ0) is 23.5. The first-order valence-corrected chi connectivity index (χ1v) is 12.7. The zero-order valence-corrected chi connectivity index (χ0v) is 20.3. The molecule has 5 aromatic rings. The number of benzene rings is 2. The number of nitrogens with zero attached hydrogens (tertiary/aromatic N) is 3. The summed E-state index contributed by atoms with van der Waals surface area (Å²) >= 11 is 8.94. The number of aromatic nitrogens is 3. The minimum Gasteiger partial charge on any atom is -0.351 e. The van der Waals surface area contributed by atoms with E-state index in [1.54, 1.807) is 16.8 Å². The van der Waals surface area contributed by atoms with E-state index in [1.165, 1.54) is 23.1 Å². The maximum absolute atomic E-state index is 13.5. The molecule has 0 saturated carbocycles. The number of carbonyl (C=O) groups is 1. The molecule has 0 spiro atoms. The molecule has 1 N–H and O–H groups in total. The molecule has 0 saturated heterocycles. The summed E-state index contributed by atoms with van der Waals surface area (Å²) in [5, 5.41) is 4.79. The Morgan fingerprint density at radius 2 is 1.85 bits per heavy atom. The third kappa shape index (κ3) is 4.70. The number of fused-ring (bicyclic) bond motifs is 3. The maximum atomic E-state index is 13.5.